The standard InChI is InChI=1S/C9H10N2O/c1-3-12-9-4-5-11-7(2)8(9)6-10/h4-5H,3H2,1-2H3. The Bertz CT molecular complexity index is 315. The second kappa shape index (κ2) is 3.72. The van der Waals surface area contributed by atoms with Crippen LogP contribution in [0.4, 0.5) is 0 Å². The third kappa shape index (κ3) is 1.54. The van der Waals surface area contributed by atoms with Gasteiger partial charge in [0.15, 0.2) is 0 Å². The van der Waals surface area contributed by atoms with E-state index >= 15 is 0 Å². The summed E-state index contributed by atoms with van der Waals surface area (Å²) in [6.45, 7) is 4.25. The zero-order valence-electron chi connectivity index (χ0n) is 7.16. The first kappa shape index (κ1) is 8.54. The fourth-order valence-electron chi connectivity index (χ4n) is 0.955. The lowest BCUT2D eigenvalue weighted by Crippen LogP contribution is -1.97. The SMILES string of the molecule is CCOc1ccnc(C)c1C#N. The van der Waals surface area contributed by atoms with Crippen LogP contribution in [-0.4, -0.2) is 11.6 Å². The number of pyridine rings is 1. The summed E-state index contributed by atoms with van der Waals surface area (Å²) in [5, 5.41) is 8.76. The van der Waals surface area contributed by atoms with E-state index in [1.165, 1.54) is 0 Å². The van der Waals surface area contributed by atoms with Crippen molar-refractivity contribution in [2.75, 3.05) is 6.61 Å². The molecular formula is C9H10N2O. The molecule has 0 aliphatic carbocycles. The summed E-state index contributed by atoms with van der Waals surface area (Å²) in [6, 6.07) is 3.76. The number of ether oxygens (including phenoxy) is 1. The van der Waals surface area contributed by atoms with E-state index < -0.39 is 0 Å². The maximum Gasteiger partial charge on any atom is 0.140 e. The van der Waals surface area contributed by atoms with E-state index in [1.54, 1.807) is 19.2 Å². The van der Waals surface area contributed by atoms with Crippen molar-refractivity contribution in [1.29, 1.82) is 5.26 Å². The average Bonchev–Trinajstić information content (AvgIpc) is 2.05. The number of hydrogen-bond donors (Lipinski definition) is 0. The largest absolute Gasteiger partial charge is 0.492 e. The molecule has 1 aromatic heterocycles. The Labute approximate surface area is 71.6 Å². The van der Waals surface area contributed by atoms with Crippen LogP contribution < -0.4 is 4.74 Å². The lowest BCUT2D eigenvalue weighted by Gasteiger charge is -2.05. The van der Waals surface area contributed by atoms with Gasteiger partial charge >= 0.3 is 0 Å². The van der Waals surface area contributed by atoms with Gasteiger partial charge in [-0.2, -0.15) is 5.26 Å². The molecule has 0 amide bonds. The molecule has 12 heavy (non-hydrogen) atoms. The minimum absolute atomic E-state index is 0.527. The van der Waals surface area contributed by atoms with Gasteiger partial charge in [0.2, 0.25) is 0 Å². The van der Waals surface area contributed by atoms with Gasteiger partial charge in [-0.15, -0.1) is 0 Å². The molecule has 0 aromatic carbocycles. The van der Waals surface area contributed by atoms with E-state index in [0.717, 1.165) is 0 Å². The van der Waals surface area contributed by atoms with Gasteiger partial charge in [-0.3, -0.25) is 4.98 Å². The van der Waals surface area contributed by atoms with Crippen molar-refractivity contribution in [2.24, 2.45) is 0 Å². The number of hydrogen-bond acceptors (Lipinski definition) is 3. The van der Waals surface area contributed by atoms with Crippen LogP contribution in [0.15, 0.2) is 12.3 Å². The van der Waals surface area contributed by atoms with Crippen molar-refractivity contribution < 1.29 is 4.74 Å². The Morgan fingerprint density at radius 1 is 1.67 bits per heavy atom. The fraction of sp³-hybridized carbons (Fsp3) is 0.333. The Morgan fingerprint density at radius 2 is 2.42 bits per heavy atom. The highest BCUT2D eigenvalue weighted by Crippen LogP contribution is 2.18. The molecule has 0 spiro atoms. The third-order valence-corrected chi connectivity index (χ3v) is 1.51. The van der Waals surface area contributed by atoms with Gasteiger partial charge in [0.05, 0.1) is 12.3 Å². The number of rotatable bonds is 2. The molecule has 0 fully saturated rings. The minimum atomic E-state index is 0.527. The fourth-order valence-corrected chi connectivity index (χ4v) is 0.955. The predicted molar refractivity (Wildman–Crippen MR) is 44.9 cm³/mol. The Kier molecular flexibility index (Phi) is 2.65. The van der Waals surface area contributed by atoms with Gasteiger partial charge in [-0.05, 0) is 19.9 Å². The molecule has 0 atom stereocenters. The number of aryl methyl sites for hydroxylation is 1. The third-order valence-electron chi connectivity index (χ3n) is 1.51. The Hall–Kier alpha value is -1.56. The molecule has 0 aliphatic heterocycles. The van der Waals surface area contributed by atoms with Gasteiger partial charge in [0, 0.05) is 6.20 Å². The molecule has 0 saturated heterocycles. The van der Waals surface area contributed by atoms with E-state index in [2.05, 4.69) is 11.1 Å². The highest BCUT2D eigenvalue weighted by Gasteiger charge is 2.05. The van der Waals surface area contributed by atoms with Crippen LogP contribution in [-0.2, 0) is 0 Å². The summed E-state index contributed by atoms with van der Waals surface area (Å²) >= 11 is 0. The number of nitrogens with zero attached hydrogens (tertiary/aromatic N) is 2. The smallest absolute Gasteiger partial charge is 0.140 e. The summed E-state index contributed by atoms with van der Waals surface area (Å²) < 4.78 is 5.25. The van der Waals surface area contributed by atoms with E-state index in [9.17, 15) is 0 Å². The Balaban J connectivity index is 3.11. The predicted octanol–water partition coefficient (Wildman–Crippen LogP) is 1.66. The molecule has 0 bridgehead atoms. The van der Waals surface area contributed by atoms with Crippen LogP contribution in [0, 0.1) is 18.3 Å². The van der Waals surface area contributed by atoms with Gasteiger partial charge in [-0.1, -0.05) is 0 Å². The topological polar surface area (TPSA) is 45.9 Å². The van der Waals surface area contributed by atoms with E-state index in [1.807, 2.05) is 6.92 Å². The van der Waals surface area contributed by atoms with Crippen molar-refractivity contribution in [2.45, 2.75) is 13.8 Å². The monoisotopic (exact) mass is 162 g/mol. The van der Waals surface area contributed by atoms with E-state index in [0.29, 0.717) is 23.6 Å². The van der Waals surface area contributed by atoms with Crippen molar-refractivity contribution in [1.82, 2.24) is 4.98 Å². The van der Waals surface area contributed by atoms with Crippen molar-refractivity contribution in [3.63, 3.8) is 0 Å². The summed E-state index contributed by atoms with van der Waals surface area (Å²) in [6.07, 6.45) is 1.64. The van der Waals surface area contributed by atoms with Crippen LogP contribution in [0.1, 0.15) is 18.2 Å². The van der Waals surface area contributed by atoms with E-state index in [-0.39, 0.29) is 0 Å². The minimum Gasteiger partial charge on any atom is -0.492 e. The molecule has 0 N–H and O–H groups in total. The first-order valence-corrected chi connectivity index (χ1v) is 3.78. The molecule has 0 radical (unpaired) electrons. The van der Waals surface area contributed by atoms with Crippen LogP contribution in [0.3, 0.4) is 0 Å². The van der Waals surface area contributed by atoms with Crippen molar-refractivity contribution in [3.8, 4) is 11.8 Å². The first-order chi connectivity index (χ1) is 5.79. The summed E-state index contributed by atoms with van der Waals surface area (Å²) in [5.74, 6) is 0.618. The zero-order chi connectivity index (χ0) is 8.97. The summed E-state index contributed by atoms with van der Waals surface area (Å²) in [7, 11) is 0. The van der Waals surface area contributed by atoms with Gasteiger partial charge in [0.1, 0.15) is 17.4 Å². The highest BCUT2D eigenvalue weighted by molar-refractivity contribution is 5.44. The number of aromatic nitrogens is 1. The lowest BCUT2D eigenvalue weighted by atomic mass is 10.2. The molecule has 1 heterocycles. The van der Waals surface area contributed by atoms with Gasteiger partial charge in [0.25, 0.3) is 0 Å². The van der Waals surface area contributed by atoms with E-state index in [4.69, 9.17) is 10.00 Å². The maximum atomic E-state index is 8.76. The molecule has 1 rings (SSSR count). The van der Waals surface area contributed by atoms with Gasteiger partial charge < -0.3 is 4.74 Å². The quantitative estimate of drug-likeness (QED) is 0.664. The molecule has 0 aliphatic rings. The summed E-state index contributed by atoms with van der Waals surface area (Å²) in [5.41, 5.74) is 1.24. The van der Waals surface area contributed by atoms with Crippen LogP contribution in [0.25, 0.3) is 0 Å². The van der Waals surface area contributed by atoms with Crippen molar-refractivity contribution in [3.05, 3.63) is 23.5 Å². The van der Waals surface area contributed by atoms with Gasteiger partial charge in [-0.25, -0.2) is 0 Å². The lowest BCUT2D eigenvalue weighted by molar-refractivity contribution is 0.338. The molecule has 3 nitrogen and oxygen atoms in total. The molecule has 3 heteroatoms. The molecule has 0 saturated carbocycles. The maximum absolute atomic E-state index is 8.76. The van der Waals surface area contributed by atoms with Crippen LogP contribution >= 0.6 is 0 Å². The molecule has 1 aromatic rings. The van der Waals surface area contributed by atoms with Crippen molar-refractivity contribution >= 4 is 0 Å². The average molecular weight is 162 g/mol. The molecular weight excluding hydrogens is 152 g/mol. The Morgan fingerprint density at radius 3 is 3.00 bits per heavy atom. The van der Waals surface area contributed by atoms with Crippen LogP contribution in [0.5, 0.6) is 5.75 Å². The highest BCUT2D eigenvalue weighted by atomic mass is 16.5. The molecule has 62 valence electrons. The zero-order valence-corrected chi connectivity index (χ0v) is 7.16. The number of nitriles is 1. The summed E-state index contributed by atoms with van der Waals surface area (Å²) in [4.78, 5) is 3.99. The normalized spacial score (nSPS) is 9.08. The van der Waals surface area contributed by atoms with Crippen LogP contribution in [0.2, 0.25) is 0 Å². The second-order valence-corrected chi connectivity index (χ2v) is 2.31. The molecule has 0 unspecified atom stereocenters. The second-order valence-electron chi connectivity index (χ2n) is 2.31. The first-order valence-electron chi connectivity index (χ1n) is 3.78.